The fourth-order valence-electron chi connectivity index (χ4n) is 3.42. The number of benzene rings is 1. The molecule has 1 aliphatic carbocycles. The third-order valence-electron chi connectivity index (χ3n) is 4.88. The van der Waals surface area contributed by atoms with Crippen molar-refractivity contribution >= 4 is 29.6 Å². The molecule has 1 spiro atoms. The van der Waals surface area contributed by atoms with Gasteiger partial charge in [0.15, 0.2) is 5.88 Å². The monoisotopic (exact) mass is 383 g/mol. The number of nitrogens with one attached hydrogen (secondary N) is 1. The van der Waals surface area contributed by atoms with E-state index < -0.39 is 17.7 Å². The molecule has 4 rings (SSSR count). The molecule has 1 saturated heterocycles. The van der Waals surface area contributed by atoms with Crippen LogP contribution in [0.5, 0.6) is 5.75 Å². The summed E-state index contributed by atoms with van der Waals surface area (Å²) >= 11 is 0. The molecule has 2 aliphatic rings. The molecule has 28 heavy (non-hydrogen) atoms. The van der Waals surface area contributed by atoms with Gasteiger partial charge in [-0.05, 0) is 43.2 Å². The van der Waals surface area contributed by atoms with E-state index in [-0.39, 0.29) is 5.57 Å². The van der Waals surface area contributed by atoms with Crippen LogP contribution in [0.15, 0.2) is 46.4 Å². The van der Waals surface area contributed by atoms with Crippen LogP contribution in [0.2, 0.25) is 0 Å². The Morgan fingerprint density at radius 3 is 2.29 bits per heavy atom. The Bertz CT molecular complexity index is 883. The number of hydrogen-bond donors (Lipinski definition) is 1. The predicted octanol–water partition coefficient (Wildman–Crippen LogP) is 4.18. The van der Waals surface area contributed by atoms with E-state index >= 15 is 0 Å². The Labute approximate surface area is 162 Å². The van der Waals surface area contributed by atoms with E-state index in [1.54, 1.807) is 19.2 Å². The third-order valence-corrected chi connectivity index (χ3v) is 4.88. The number of carbonyl (C=O) groups excluding carboxylic acids is 2. The summed E-state index contributed by atoms with van der Waals surface area (Å²) in [5.41, 5.74) is 0.645. The van der Waals surface area contributed by atoms with Crippen molar-refractivity contribution in [1.29, 1.82) is 0 Å². The van der Waals surface area contributed by atoms with E-state index in [4.69, 9.17) is 18.6 Å². The summed E-state index contributed by atoms with van der Waals surface area (Å²) in [5, 5.41) is 3.10. The highest BCUT2D eigenvalue weighted by atomic mass is 16.7. The lowest BCUT2D eigenvalue weighted by Gasteiger charge is -2.38. The summed E-state index contributed by atoms with van der Waals surface area (Å²) in [4.78, 5) is 24.8. The van der Waals surface area contributed by atoms with Crippen molar-refractivity contribution in [3.63, 3.8) is 0 Å². The van der Waals surface area contributed by atoms with Crippen molar-refractivity contribution in [2.45, 2.75) is 37.9 Å². The highest BCUT2D eigenvalue weighted by Gasteiger charge is 2.46. The minimum absolute atomic E-state index is 0.165. The molecule has 1 aromatic heterocycles. The summed E-state index contributed by atoms with van der Waals surface area (Å²) < 4.78 is 21.7. The Hall–Kier alpha value is -3.22. The van der Waals surface area contributed by atoms with Gasteiger partial charge >= 0.3 is 11.9 Å². The molecular formula is C21H21NO6. The number of ether oxygens (including phenoxy) is 3. The van der Waals surface area contributed by atoms with Crippen molar-refractivity contribution < 1.29 is 28.2 Å². The van der Waals surface area contributed by atoms with Crippen LogP contribution in [-0.2, 0) is 19.1 Å². The summed E-state index contributed by atoms with van der Waals surface area (Å²) in [7, 11) is 1.60. The van der Waals surface area contributed by atoms with Gasteiger partial charge < -0.3 is 23.9 Å². The van der Waals surface area contributed by atoms with Crippen LogP contribution in [0.25, 0.3) is 6.08 Å². The van der Waals surface area contributed by atoms with Crippen LogP contribution < -0.4 is 10.1 Å². The van der Waals surface area contributed by atoms with E-state index in [0.29, 0.717) is 24.5 Å². The summed E-state index contributed by atoms with van der Waals surface area (Å²) in [6.45, 7) is 0. The second kappa shape index (κ2) is 7.42. The van der Waals surface area contributed by atoms with E-state index in [9.17, 15) is 9.59 Å². The fraction of sp³-hybridized carbons (Fsp3) is 0.333. The lowest BCUT2D eigenvalue weighted by molar-refractivity contribution is -0.244. The Morgan fingerprint density at radius 1 is 0.964 bits per heavy atom. The molecule has 1 N–H and O–H groups in total. The molecular weight excluding hydrogens is 362 g/mol. The number of carbonyl (C=O) groups is 2. The predicted molar refractivity (Wildman–Crippen MR) is 101 cm³/mol. The number of methoxy groups -OCH3 is 1. The van der Waals surface area contributed by atoms with Crippen LogP contribution in [0, 0.1) is 0 Å². The first-order chi connectivity index (χ1) is 13.6. The molecule has 0 amide bonds. The van der Waals surface area contributed by atoms with Gasteiger partial charge in [-0.25, -0.2) is 9.59 Å². The molecule has 1 aromatic carbocycles. The summed E-state index contributed by atoms with van der Waals surface area (Å²) in [5.74, 6) is -0.856. The Kier molecular flexibility index (Phi) is 4.81. The van der Waals surface area contributed by atoms with Gasteiger partial charge in [0.05, 0.1) is 7.11 Å². The number of anilines is 2. The second-order valence-corrected chi connectivity index (χ2v) is 6.86. The summed E-state index contributed by atoms with van der Waals surface area (Å²) in [6.07, 6.45) is 5.24. The lowest BCUT2D eigenvalue weighted by Crippen LogP contribution is -2.47. The van der Waals surface area contributed by atoms with Gasteiger partial charge in [-0.1, -0.05) is 6.42 Å². The van der Waals surface area contributed by atoms with Crippen LogP contribution in [0.1, 0.15) is 37.9 Å². The highest BCUT2D eigenvalue weighted by molar-refractivity contribution is 6.18. The van der Waals surface area contributed by atoms with Crippen molar-refractivity contribution in [2.24, 2.45) is 0 Å². The minimum Gasteiger partial charge on any atom is -0.497 e. The lowest BCUT2D eigenvalue weighted by atomic mass is 9.93. The van der Waals surface area contributed by atoms with E-state index in [1.165, 1.54) is 6.08 Å². The molecule has 2 aromatic rings. The standard InChI is InChI=1S/C21H21NO6/c1-25-15-7-5-14(6-8-15)22-18-10-9-16(26-18)13-17-19(23)27-21(28-20(17)24)11-3-2-4-12-21/h5-10,13,22H,2-4,11-12H2,1H3. The molecule has 7 heteroatoms. The van der Waals surface area contributed by atoms with E-state index in [0.717, 1.165) is 30.7 Å². The Balaban J connectivity index is 1.47. The zero-order valence-corrected chi connectivity index (χ0v) is 15.5. The first kappa shape index (κ1) is 18.2. The molecule has 0 bridgehead atoms. The molecule has 0 unspecified atom stereocenters. The maximum Gasteiger partial charge on any atom is 0.349 e. The number of rotatable bonds is 4. The molecule has 7 nitrogen and oxygen atoms in total. The van der Waals surface area contributed by atoms with Crippen molar-refractivity contribution in [3.8, 4) is 5.75 Å². The first-order valence-corrected chi connectivity index (χ1v) is 9.26. The molecule has 0 atom stereocenters. The zero-order valence-electron chi connectivity index (χ0n) is 15.5. The van der Waals surface area contributed by atoms with Gasteiger partial charge in [-0.2, -0.15) is 0 Å². The van der Waals surface area contributed by atoms with E-state index in [1.807, 2.05) is 24.3 Å². The molecule has 146 valence electrons. The fourth-order valence-corrected chi connectivity index (χ4v) is 3.42. The minimum atomic E-state index is -1.09. The third kappa shape index (κ3) is 3.74. The topological polar surface area (TPSA) is 87.0 Å². The zero-order chi connectivity index (χ0) is 19.6. The smallest absolute Gasteiger partial charge is 0.349 e. The van der Waals surface area contributed by atoms with Crippen molar-refractivity contribution in [2.75, 3.05) is 12.4 Å². The van der Waals surface area contributed by atoms with Crippen LogP contribution in [0.3, 0.4) is 0 Å². The van der Waals surface area contributed by atoms with Gasteiger partial charge in [-0.15, -0.1) is 0 Å². The molecule has 2 fully saturated rings. The Morgan fingerprint density at radius 2 is 1.64 bits per heavy atom. The average molecular weight is 383 g/mol. The van der Waals surface area contributed by atoms with Gasteiger partial charge in [0, 0.05) is 30.7 Å². The van der Waals surface area contributed by atoms with Crippen LogP contribution >= 0.6 is 0 Å². The highest BCUT2D eigenvalue weighted by Crippen LogP contribution is 2.37. The summed E-state index contributed by atoms with van der Waals surface area (Å²) in [6, 6.07) is 10.7. The molecule has 1 aliphatic heterocycles. The first-order valence-electron chi connectivity index (χ1n) is 9.26. The van der Waals surface area contributed by atoms with Gasteiger partial charge in [0.25, 0.3) is 5.79 Å². The SMILES string of the molecule is COc1ccc(Nc2ccc(C=C3C(=O)OC4(CCCCC4)OC3=O)o2)cc1. The van der Waals surface area contributed by atoms with E-state index in [2.05, 4.69) is 5.32 Å². The number of furan rings is 1. The number of esters is 2. The molecule has 1 saturated carbocycles. The maximum absolute atomic E-state index is 12.4. The molecule has 2 heterocycles. The van der Waals surface area contributed by atoms with Crippen molar-refractivity contribution in [1.82, 2.24) is 0 Å². The van der Waals surface area contributed by atoms with Crippen molar-refractivity contribution in [3.05, 3.63) is 47.7 Å². The largest absolute Gasteiger partial charge is 0.497 e. The average Bonchev–Trinajstić information content (AvgIpc) is 3.13. The van der Waals surface area contributed by atoms with Crippen LogP contribution in [-0.4, -0.2) is 24.8 Å². The van der Waals surface area contributed by atoms with Gasteiger partial charge in [0.1, 0.15) is 17.1 Å². The van der Waals surface area contributed by atoms with Gasteiger partial charge in [-0.3, -0.25) is 0 Å². The number of hydrogen-bond acceptors (Lipinski definition) is 7. The maximum atomic E-state index is 12.4. The van der Waals surface area contributed by atoms with Crippen LogP contribution in [0.4, 0.5) is 11.6 Å². The second-order valence-electron chi connectivity index (χ2n) is 6.86. The quantitative estimate of drug-likeness (QED) is 0.481. The normalized spacial score (nSPS) is 18.4. The van der Waals surface area contributed by atoms with Gasteiger partial charge in [0.2, 0.25) is 0 Å². The molecule has 0 radical (unpaired) electrons.